The normalized spacial score (nSPS) is 18.8. The lowest BCUT2D eigenvalue weighted by Gasteiger charge is -2.40. The molecule has 0 unspecified atom stereocenters. The molecule has 1 heterocycles. The molecule has 1 saturated heterocycles. The van der Waals surface area contributed by atoms with Crippen molar-refractivity contribution in [2.75, 3.05) is 43.1 Å². The van der Waals surface area contributed by atoms with Gasteiger partial charge in [0.1, 0.15) is 12.6 Å². The fraction of sp³-hybridized carbons (Fsp3) is 0.600. The molecule has 3 rings (SSSR count). The Hall–Kier alpha value is -2.10. The Morgan fingerprint density at radius 2 is 2.17 bits per heavy atom. The van der Waals surface area contributed by atoms with E-state index in [0.717, 1.165) is 19.3 Å². The summed E-state index contributed by atoms with van der Waals surface area (Å²) in [5.41, 5.74) is 5.97. The molecule has 29 heavy (non-hydrogen) atoms. The van der Waals surface area contributed by atoms with Crippen LogP contribution in [0.2, 0.25) is 0 Å². The van der Waals surface area contributed by atoms with E-state index in [4.69, 9.17) is 10.5 Å². The molecule has 0 spiro atoms. The summed E-state index contributed by atoms with van der Waals surface area (Å²) in [6, 6.07) is 4.04. The third-order valence-corrected chi connectivity index (χ3v) is 5.64. The average molecular weight is 410 g/mol. The van der Waals surface area contributed by atoms with Gasteiger partial charge in [-0.25, -0.2) is 8.78 Å². The smallest absolute Gasteiger partial charge is 0.265 e. The third-order valence-electron chi connectivity index (χ3n) is 5.64. The van der Waals surface area contributed by atoms with Gasteiger partial charge >= 0.3 is 0 Å². The standard InChI is InChI=1S/C20H28F2N4O3/c1-2-25(14-4-3-5-14)17(11-23)20(28)24-13-6-7-16(15(10-13)19(21)22)26-8-9-29-12-18(26)27/h6-7,10,14,17,19H,2-5,8-9,11-12,23H2,1H3,(H,24,28)/t17-/m0/s1. The second-order valence-corrected chi connectivity index (χ2v) is 7.33. The fourth-order valence-electron chi connectivity index (χ4n) is 3.90. The molecule has 3 N–H and O–H groups in total. The van der Waals surface area contributed by atoms with Crippen molar-refractivity contribution in [3.8, 4) is 0 Å². The molecule has 2 aliphatic rings. The summed E-state index contributed by atoms with van der Waals surface area (Å²) in [6.07, 6.45) is 0.426. The number of nitrogens with zero attached hydrogens (tertiary/aromatic N) is 2. The number of morpholine rings is 1. The van der Waals surface area contributed by atoms with Gasteiger partial charge in [-0.1, -0.05) is 13.3 Å². The monoisotopic (exact) mass is 410 g/mol. The second kappa shape index (κ2) is 9.60. The zero-order chi connectivity index (χ0) is 21.0. The Labute approximate surface area is 169 Å². The molecule has 0 aromatic heterocycles. The molecule has 1 aromatic carbocycles. The van der Waals surface area contributed by atoms with Gasteiger partial charge in [-0.05, 0) is 37.6 Å². The Morgan fingerprint density at radius 1 is 1.41 bits per heavy atom. The first-order chi connectivity index (χ1) is 14.0. The maximum atomic E-state index is 13.7. The molecular formula is C20H28F2N4O3. The summed E-state index contributed by atoms with van der Waals surface area (Å²) in [5.74, 6) is -0.672. The number of ether oxygens (including phenoxy) is 1. The van der Waals surface area contributed by atoms with Gasteiger partial charge in [0.05, 0.1) is 12.3 Å². The maximum absolute atomic E-state index is 13.7. The molecule has 2 fully saturated rings. The number of carbonyl (C=O) groups excluding carboxylic acids is 2. The summed E-state index contributed by atoms with van der Waals surface area (Å²) in [6.45, 7) is 3.20. The first-order valence-electron chi connectivity index (χ1n) is 10.0. The van der Waals surface area contributed by atoms with Gasteiger partial charge in [0, 0.05) is 30.4 Å². The van der Waals surface area contributed by atoms with Crippen molar-refractivity contribution < 1.29 is 23.1 Å². The number of nitrogens with one attached hydrogen (secondary N) is 1. The topological polar surface area (TPSA) is 87.9 Å². The first-order valence-corrected chi connectivity index (χ1v) is 10.0. The number of anilines is 2. The summed E-state index contributed by atoms with van der Waals surface area (Å²) >= 11 is 0. The van der Waals surface area contributed by atoms with Crippen LogP contribution in [0.1, 0.15) is 38.2 Å². The van der Waals surface area contributed by atoms with Gasteiger partial charge in [-0.2, -0.15) is 0 Å². The van der Waals surface area contributed by atoms with Gasteiger partial charge in [-0.15, -0.1) is 0 Å². The van der Waals surface area contributed by atoms with Crippen molar-refractivity contribution in [3.05, 3.63) is 23.8 Å². The van der Waals surface area contributed by atoms with Crippen molar-refractivity contribution in [2.24, 2.45) is 5.73 Å². The van der Waals surface area contributed by atoms with E-state index >= 15 is 0 Å². The molecule has 0 radical (unpaired) electrons. The molecule has 1 aromatic rings. The van der Waals surface area contributed by atoms with Crippen LogP contribution in [-0.4, -0.2) is 61.6 Å². The fourth-order valence-corrected chi connectivity index (χ4v) is 3.90. The number of benzene rings is 1. The molecule has 2 amide bonds. The number of hydrogen-bond donors (Lipinski definition) is 2. The SMILES string of the molecule is CCN(C1CCC1)[C@@H](CN)C(=O)Nc1ccc(N2CCOCC2=O)c(C(F)F)c1. The lowest BCUT2D eigenvalue weighted by molar-refractivity contribution is -0.125. The van der Waals surface area contributed by atoms with E-state index in [1.54, 1.807) is 0 Å². The quantitative estimate of drug-likeness (QED) is 0.686. The lowest BCUT2D eigenvalue weighted by Crippen LogP contribution is -2.54. The molecule has 9 heteroatoms. The van der Waals surface area contributed by atoms with E-state index in [9.17, 15) is 18.4 Å². The van der Waals surface area contributed by atoms with Gasteiger partial charge in [-0.3, -0.25) is 14.5 Å². The van der Waals surface area contributed by atoms with Crippen LogP contribution >= 0.6 is 0 Å². The number of likely N-dealkylation sites (N-methyl/N-ethyl adjacent to an activating group) is 1. The van der Waals surface area contributed by atoms with Crippen molar-refractivity contribution in [1.82, 2.24) is 4.90 Å². The minimum Gasteiger partial charge on any atom is -0.370 e. The average Bonchev–Trinajstić information content (AvgIpc) is 2.66. The largest absolute Gasteiger partial charge is 0.370 e. The summed E-state index contributed by atoms with van der Waals surface area (Å²) in [5, 5.41) is 2.73. The Morgan fingerprint density at radius 3 is 2.72 bits per heavy atom. The van der Waals surface area contributed by atoms with Gasteiger partial charge < -0.3 is 20.7 Å². The Bertz CT molecular complexity index is 742. The second-order valence-electron chi connectivity index (χ2n) is 7.33. The van der Waals surface area contributed by atoms with Crippen molar-refractivity contribution in [2.45, 2.75) is 44.7 Å². The first kappa shape index (κ1) is 21.6. The molecule has 7 nitrogen and oxygen atoms in total. The zero-order valence-corrected chi connectivity index (χ0v) is 16.6. The van der Waals surface area contributed by atoms with Gasteiger partial charge in [0.2, 0.25) is 5.91 Å². The number of carbonyl (C=O) groups is 2. The Balaban J connectivity index is 1.78. The van der Waals surface area contributed by atoms with E-state index in [1.165, 1.54) is 23.1 Å². The third kappa shape index (κ3) is 4.73. The molecular weight excluding hydrogens is 382 g/mol. The maximum Gasteiger partial charge on any atom is 0.265 e. The van der Waals surface area contributed by atoms with E-state index in [-0.39, 0.29) is 48.4 Å². The highest BCUT2D eigenvalue weighted by Crippen LogP contribution is 2.33. The summed E-state index contributed by atoms with van der Waals surface area (Å²) in [4.78, 5) is 28.2. The minimum absolute atomic E-state index is 0.132. The number of rotatable bonds is 8. The van der Waals surface area contributed by atoms with Gasteiger partial charge in [0.25, 0.3) is 12.3 Å². The van der Waals surface area contributed by atoms with Crippen LogP contribution in [0.5, 0.6) is 0 Å². The van der Waals surface area contributed by atoms with Crippen LogP contribution < -0.4 is 16.0 Å². The summed E-state index contributed by atoms with van der Waals surface area (Å²) < 4.78 is 32.4. The number of nitrogens with two attached hydrogens (primary N) is 1. The predicted octanol–water partition coefficient (Wildman–Crippen LogP) is 2.13. The summed E-state index contributed by atoms with van der Waals surface area (Å²) in [7, 11) is 0. The molecule has 0 bridgehead atoms. The van der Waals surface area contributed by atoms with Crippen LogP contribution in [0.4, 0.5) is 20.2 Å². The molecule has 160 valence electrons. The molecule has 1 atom stereocenters. The minimum atomic E-state index is -2.79. The van der Waals surface area contributed by atoms with Crippen molar-refractivity contribution >= 4 is 23.2 Å². The highest BCUT2D eigenvalue weighted by molar-refractivity contribution is 5.97. The molecule has 1 aliphatic heterocycles. The van der Waals surface area contributed by atoms with Crippen molar-refractivity contribution in [3.63, 3.8) is 0 Å². The number of hydrogen-bond acceptors (Lipinski definition) is 5. The van der Waals surface area contributed by atoms with E-state index in [1.807, 2.05) is 6.92 Å². The van der Waals surface area contributed by atoms with Crippen LogP contribution in [0.25, 0.3) is 0 Å². The van der Waals surface area contributed by atoms with Crippen LogP contribution in [0.3, 0.4) is 0 Å². The number of alkyl halides is 2. The number of amides is 2. The molecule has 1 aliphatic carbocycles. The van der Waals surface area contributed by atoms with Crippen molar-refractivity contribution in [1.29, 1.82) is 0 Å². The van der Waals surface area contributed by atoms with Gasteiger partial charge in [0.15, 0.2) is 0 Å². The van der Waals surface area contributed by atoms with E-state index in [2.05, 4.69) is 10.2 Å². The number of halogens is 2. The highest BCUT2D eigenvalue weighted by Gasteiger charge is 2.33. The Kier molecular flexibility index (Phi) is 7.15. The van der Waals surface area contributed by atoms with Crippen LogP contribution in [-0.2, 0) is 14.3 Å². The zero-order valence-electron chi connectivity index (χ0n) is 16.6. The predicted molar refractivity (Wildman–Crippen MR) is 106 cm³/mol. The van der Waals surface area contributed by atoms with E-state index < -0.39 is 12.5 Å². The lowest BCUT2D eigenvalue weighted by atomic mass is 9.90. The highest BCUT2D eigenvalue weighted by atomic mass is 19.3. The van der Waals surface area contributed by atoms with E-state index in [0.29, 0.717) is 19.2 Å². The molecule has 1 saturated carbocycles. The van der Waals surface area contributed by atoms with Crippen LogP contribution in [0.15, 0.2) is 18.2 Å². The van der Waals surface area contributed by atoms with Crippen LogP contribution in [0, 0.1) is 0 Å².